The molecule has 0 amide bonds. The Morgan fingerprint density at radius 1 is 1.38 bits per heavy atom. The third-order valence-electron chi connectivity index (χ3n) is 2.08. The minimum atomic E-state index is 0.658. The molecule has 0 aliphatic rings. The summed E-state index contributed by atoms with van der Waals surface area (Å²) in [5, 5.41) is 3.15. The molecule has 0 bridgehead atoms. The number of hydrogen-bond acceptors (Lipinski definition) is 4. The van der Waals surface area contributed by atoms with Crippen molar-refractivity contribution in [2.75, 3.05) is 11.9 Å². The average molecular weight is 282 g/mol. The van der Waals surface area contributed by atoms with Gasteiger partial charge >= 0.3 is 0 Å². The van der Waals surface area contributed by atoms with Gasteiger partial charge in [0.1, 0.15) is 5.76 Å². The van der Waals surface area contributed by atoms with Crippen molar-refractivity contribution in [3.05, 3.63) is 40.5 Å². The number of nitrogens with one attached hydrogen (secondary N) is 1. The van der Waals surface area contributed by atoms with Crippen LogP contribution in [-0.4, -0.2) is 16.5 Å². The topological polar surface area (TPSA) is 51.0 Å². The van der Waals surface area contributed by atoms with Gasteiger partial charge in [-0.05, 0) is 41.1 Å². The minimum absolute atomic E-state index is 0.658. The van der Waals surface area contributed by atoms with Crippen molar-refractivity contribution in [3.63, 3.8) is 0 Å². The monoisotopic (exact) mass is 281 g/mol. The standard InChI is InChI=1S/C11H12BrN3O/c1-8-4-6-13-11(15-8)14-7-5-9-2-3-10(12)16-9/h2-4,6H,5,7H2,1H3,(H,13,14,15). The van der Waals surface area contributed by atoms with E-state index in [4.69, 9.17) is 4.42 Å². The van der Waals surface area contributed by atoms with E-state index in [1.807, 2.05) is 25.1 Å². The Balaban J connectivity index is 1.84. The molecule has 0 unspecified atom stereocenters. The Morgan fingerprint density at radius 2 is 2.25 bits per heavy atom. The first kappa shape index (κ1) is 11.1. The van der Waals surface area contributed by atoms with E-state index in [-0.39, 0.29) is 0 Å². The van der Waals surface area contributed by atoms with E-state index in [1.165, 1.54) is 0 Å². The smallest absolute Gasteiger partial charge is 0.222 e. The second kappa shape index (κ2) is 5.12. The molecule has 0 aliphatic heterocycles. The lowest BCUT2D eigenvalue weighted by atomic mass is 10.3. The quantitative estimate of drug-likeness (QED) is 0.936. The number of furan rings is 1. The van der Waals surface area contributed by atoms with Gasteiger partial charge in [-0.15, -0.1) is 0 Å². The molecule has 0 fully saturated rings. The normalized spacial score (nSPS) is 10.4. The summed E-state index contributed by atoms with van der Waals surface area (Å²) in [6, 6.07) is 5.70. The molecule has 1 N–H and O–H groups in total. The van der Waals surface area contributed by atoms with Crippen molar-refractivity contribution in [1.82, 2.24) is 9.97 Å². The molecule has 5 heteroatoms. The summed E-state index contributed by atoms with van der Waals surface area (Å²) >= 11 is 3.27. The highest BCUT2D eigenvalue weighted by atomic mass is 79.9. The maximum Gasteiger partial charge on any atom is 0.222 e. The number of hydrogen-bond donors (Lipinski definition) is 1. The third kappa shape index (κ3) is 3.06. The lowest BCUT2D eigenvalue weighted by Gasteiger charge is -2.03. The molecular weight excluding hydrogens is 270 g/mol. The van der Waals surface area contributed by atoms with Crippen LogP contribution < -0.4 is 5.32 Å². The predicted octanol–water partition coefficient (Wildman–Crippen LogP) is 2.80. The summed E-state index contributed by atoms with van der Waals surface area (Å²) in [4.78, 5) is 8.36. The maximum absolute atomic E-state index is 5.38. The van der Waals surface area contributed by atoms with E-state index in [9.17, 15) is 0 Å². The second-order valence-electron chi connectivity index (χ2n) is 3.40. The van der Waals surface area contributed by atoms with Crippen molar-refractivity contribution < 1.29 is 4.42 Å². The minimum Gasteiger partial charge on any atom is -0.454 e. The molecule has 2 aromatic rings. The highest BCUT2D eigenvalue weighted by Gasteiger charge is 2.00. The maximum atomic E-state index is 5.38. The van der Waals surface area contributed by atoms with Gasteiger partial charge < -0.3 is 9.73 Å². The van der Waals surface area contributed by atoms with Gasteiger partial charge in [0.25, 0.3) is 0 Å². The molecule has 0 saturated heterocycles. The molecule has 0 saturated carbocycles. The third-order valence-corrected chi connectivity index (χ3v) is 2.50. The summed E-state index contributed by atoms with van der Waals surface area (Å²) in [5.74, 6) is 1.60. The summed E-state index contributed by atoms with van der Waals surface area (Å²) in [6.45, 7) is 2.69. The fourth-order valence-electron chi connectivity index (χ4n) is 1.32. The molecule has 4 nitrogen and oxygen atoms in total. The van der Waals surface area contributed by atoms with E-state index in [0.29, 0.717) is 5.95 Å². The summed E-state index contributed by atoms with van der Waals surface area (Å²) in [7, 11) is 0. The molecule has 2 heterocycles. The first-order chi connectivity index (χ1) is 7.74. The SMILES string of the molecule is Cc1ccnc(NCCc2ccc(Br)o2)n1. The van der Waals surface area contributed by atoms with Gasteiger partial charge in [-0.3, -0.25) is 0 Å². The van der Waals surface area contributed by atoms with Crippen LogP contribution in [0.25, 0.3) is 0 Å². The fourth-order valence-corrected chi connectivity index (χ4v) is 1.66. The van der Waals surface area contributed by atoms with Crippen LogP contribution in [0.5, 0.6) is 0 Å². The van der Waals surface area contributed by atoms with E-state index in [1.54, 1.807) is 6.20 Å². The van der Waals surface area contributed by atoms with Crippen molar-refractivity contribution in [3.8, 4) is 0 Å². The van der Waals surface area contributed by atoms with Gasteiger partial charge in [0.15, 0.2) is 4.67 Å². The van der Waals surface area contributed by atoms with E-state index in [0.717, 1.165) is 29.1 Å². The van der Waals surface area contributed by atoms with Crippen molar-refractivity contribution in [2.24, 2.45) is 0 Å². The van der Waals surface area contributed by atoms with Crippen molar-refractivity contribution >= 4 is 21.9 Å². The Bertz CT molecular complexity index is 470. The largest absolute Gasteiger partial charge is 0.454 e. The zero-order valence-corrected chi connectivity index (χ0v) is 10.5. The number of aryl methyl sites for hydroxylation is 1. The molecule has 16 heavy (non-hydrogen) atoms. The Morgan fingerprint density at radius 3 is 2.94 bits per heavy atom. The predicted molar refractivity (Wildman–Crippen MR) is 65.4 cm³/mol. The zero-order chi connectivity index (χ0) is 11.4. The van der Waals surface area contributed by atoms with Crippen LogP contribution in [0.3, 0.4) is 0 Å². The molecular formula is C11H12BrN3O. The van der Waals surface area contributed by atoms with Crippen LogP contribution >= 0.6 is 15.9 Å². The lowest BCUT2D eigenvalue weighted by molar-refractivity contribution is 0.491. The molecule has 0 atom stereocenters. The highest BCUT2D eigenvalue weighted by Crippen LogP contribution is 2.14. The van der Waals surface area contributed by atoms with Gasteiger partial charge in [-0.25, -0.2) is 9.97 Å². The second-order valence-corrected chi connectivity index (χ2v) is 4.19. The summed E-state index contributed by atoms with van der Waals surface area (Å²) in [5.41, 5.74) is 0.957. The fraction of sp³-hybridized carbons (Fsp3) is 0.273. The number of nitrogens with zero attached hydrogens (tertiary/aromatic N) is 2. The molecule has 2 rings (SSSR count). The van der Waals surface area contributed by atoms with Gasteiger partial charge in [-0.2, -0.15) is 0 Å². The van der Waals surface area contributed by atoms with Crippen LogP contribution in [0.2, 0.25) is 0 Å². The molecule has 0 radical (unpaired) electrons. The van der Waals surface area contributed by atoms with Crippen LogP contribution in [-0.2, 0) is 6.42 Å². The highest BCUT2D eigenvalue weighted by molar-refractivity contribution is 9.10. The molecule has 2 aromatic heterocycles. The number of halogens is 1. The Labute approximate surface area is 102 Å². The van der Waals surface area contributed by atoms with E-state index >= 15 is 0 Å². The average Bonchev–Trinajstić information content (AvgIpc) is 2.64. The zero-order valence-electron chi connectivity index (χ0n) is 8.90. The summed E-state index contributed by atoms with van der Waals surface area (Å²) in [6.07, 6.45) is 2.55. The van der Waals surface area contributed by atoms with Gasteiger partial charge in [0.05, 0.1) is 0 Å². The molecule has 0 aliphatic carbocycles. The Hall–Kier alpha value is -1.36. The van der Waals surface area contributed by atoms with Gasteiger partial charge in [0, 0.05) is 24.9 Å². The number of rotatable bonds is 4. The van der Waals surface area contributed by atoms with E-state index < -0.39 is 0 Å². The molecule has 84 valence electrons. The van der Waals surface area contributed by atoms with E-state index in [2.05, 4.69) is 31.2 Å². The first-order valence-corrected chi connectivity index (χ1v) is 5.81. The molecule has 0 aromatic carbocycles. The van der Waals surface area contributed by atoms with Gasteiger partial charge in [-0.1, -0.05) is 0 Å². The van der Waals surface area contributed by atoms with Crippen molar-refractivity contribution in [2.45, 2.75) is 13.3 Å². The molecule has 0 spiro atoms. The van der Waals surface area contributed by atoms with Crippen LogP contribution in [0.4, 0.5) is 5.95 Å². The first-order valence-electron chi connectivity index (χ1n) is 5.02. The summed E-state index contributed by atoms with van der Waals surface area (Å²) < 4.78 is 6.14. The van der Waals surface area contributed by atoms with Crippen LogP contribution in [0.1, 0.15) is 11.5 Å². The van der Waals surface area contributed by atoms with Crippen molar-refractivity contribution in [1.29, 1.82) is 0 Å². The number of anilines is 1. The van der Waals surface area contributed by atoms with Crippen LogP contribution in [0, 0.1) is 6.92 Å². The Kier molecular flexibility index (Phi) is 3.56. The van der Waals surface area contributed by atoms with Gasteiger partial charge in [0.2, 0.25) is 5.95 Å². The van der Waals surface area contributed by atoms with Crippen LogP contribution in [0.15, 0.2) is 33.5 Å². The number of aromatic nitrogens is 2. The lowest BCUT2D eigenvalue weighted by Crippen LogP contribution is -2.07.